The number of aliphatic imine (C=N–C) groups is 1. The highest BCUT2D eigenvalue weighted by Gasteiger charge is 1.98. The maximum atomic E-state index is 12.7. The second-order valence-corrected chi connectivity index (χ2v) is 2.79. The number of carbonyl (C=O) groups excluding carboxylic acids is 1. The third-order valence-corrected chi connectivity index (χ3v) is 1.86. The number of hydrogen-bond donors (Lipinski definition) is 0. The van der Waals surface area contributed by atoms with E-state index in [4.69, 9.17) is 0 Å². The molecule has 68 valence electrons. The molecule has 0 spiro atoms. The van der Waals surface area contributed by atoms with Gasteiger partial charge in [0.15, 0.2) is 0 Å². The third kappa shape index (κ3) is 2.80. The van der Waals surface area contributed by atoms with Crippen LogP contribution in [0.4, 0.5) is 4.39 Å². The standard InChI is InChI=1S/C10H10FNO/c1-8-6-10(11)3-2-9(8)4-5-12-7-13/h2-3,6H,4-5H2,1H3. The van der Waals surface area contributed by atoms with E-state index in [0.717, 1.165) is 11.1 Å². The Morgan fingerprint density at radius 2 is 2.31 bits per heavy atom. The summed E-state index contributed by atoms with van der Waals surface area (Å²) in [5, 5.41) is 0. The Labute approximate surface area is 76.1 Å². The Morgan fingerprint density at radius 1 is 1.54 bits per heavy atom. The fraction of sp³-hybridized carbons (Fsp3) is 0.300. The maximum Gasteiger partial charge on any atom is 0.234 e. The number of hydrogen-bond acceptors (Lipinski definition) is 2. The number of isocyanates is 1. The Hall–Kier alpha value is -1.47. The van der Waals surface area contributed by atoms with Gasteiger partial charge in [-0.05, 0) is 36.6 Å². The van der Waals surface area contributed by atoms with Gasteiger partial charge >= 0.3 is 0 Å². The van der Waals surface area contributed by atoms with Gasteiger partial charge in [-0.3, -0.25) is 0 Å². The molecule has 0 aromatic heterocycles. The fourth-order valence-electron chi connectivity index (χ4n) is 1.16. The summed E-state index contributed by atoms with van der Waals surface area (Å²) in [6.45, 7) is 2.25. The van der Waals surface area contributed by atoms with E-state index in [-0.39, 0.29) is 5.82 Å². The van der Waals surface area contributed by atoms with Gasteiger partial charge in [0.25, 0.3) is 0 Å². The predicted molar refractivity (Wildman–Crippen MR) is 47.8 cm³/mol. The molecular formula is C10H10FNO. The second kappa shape index (κ2) is 4.53. The van der Waals surface area contributed by atoms with E-state index in [1.165, 1.54) is 18.2 Å². The van der Waals surface area contributed by atoms with Crippen LogP contribution in [0.2, 0.25) is 0 Å². The first kappa shape index (κ1) is 9.62. The highest BCUT2D eigenvalue weighted by molar-refractivity contribution is 5.33. The lowest BCUT2D eigenvalue weighted by Gasteiger charge is -2.02. The average molecular weight is 179 g/mol. The molecule has 0 saturated heterocycles. The van der Waals surface area contributed by atoms with Gasteiger partial charge in [-0.15, -0.1) is 0 Å². The monoisotopic (exact) mass is 179 g/mol. The molecule has 0 saturated carbocycles. The van der Waals surface area contributed by atoms with Gasteiger partial charge in [0, 0.05) is 0 Å². The van der Waals surface area contributed by atoms with Crippen LogP contribution < -0.4 is 0 Å². The number of benzene rings is 1. The molecule has 3 heteroatoms. The average Bonchev–Trinajstić information content (AvgIpc) is 2.09. The summed E-state index contributed by atoms with van der Waals surface area (Å²) < 4.78 is 12.7. The molecule has 0 aliphatic rings. The first-order chi connectivity index (χ1) is 6.24. The molecule has 0 radical (unpaired) electrons. The zero-order chi connectivity index (χ0) is 9.68. The zero-order valence-electron chi connectivity index (χ0n) is 7.38. The van der Waals surface area contributed by atoms with Crippen molar-refractivity contribution in [1.82, 2.24) is 0 Å². The van der Waals surface area contributed by atoms with Crippen molar-refractivity contribution in [2.45, 2.75) is 13.3 Å². The van der Waals surface area contributed by atoms with E-state index in [1.54, 1.807) is 6.07 Å². The van der Waals surface area contributed by atoms with Crippen LogP contribution in [0.1, 0.15) is 11.1 Å². The van der Waals surface area contributed by atoms with E-state index in [1.807, 2.05) is 6.92 Å². The molecule has 1 rings (SSSR count). The summed E-state index contributed by atoms with van der Waals surface area (Å²) >= 11 is 0. The fourth-order valence-corrected chi connectivity index (χ4v) is 1.16. The van der Waals surface area contributed by atoms with Gasteiger partial charge in [0.05, 0.1) is 6.54 Å². The highest BCUT2D eigenvalue weighted by atomic mass is 19.1. The predicted octanol–water partition coefficient (Wildman–Crippen LogP) is 2.01. The van der Waals surface area contributed by atoms with Gasteiger partial charge in [-0.2, -0.15) is 0 Å². The Kier molecular flexibility index (Phi) is 3.35. The molecule has 1 aromatic carbocycles. The minimum absolute atomic E-state index is 0.236. The van der Waals surface area contributed by atoms with Gasteiger partial charge in [-0.1, -0.05) is 6.07 Å². The third-order valence-electron chi connectivity index (χ3n) is 1.86. The second-order valence-electron chi connectivity index (χ2n) is 2.79. The number of nitrogens with zero attached hydrogens (tertiary/aromatic N) is 1. The van der Waals surface area contributed by atoms with Crippen molar-refractivity contribution in [3.63, 3.8) is 0 Å². The van der Waals surface area contributed by atoms with Crippen molar-refractivity contribution in [3.8, 4) is 0 Å². The first-order valence-corrected chi connectivity index (χ1v) is 4.02. The van der Waals surface area contributed by atoms with Crippen LogP contribution in [-0.4, -0.2) is 12.6 Å². The molecule has 2 nitrogen and oxygen atoms in total. The number of aryl methyl sites for hydroxylation is 1. The first-order valence-electron chi connectivity index (χ1n) is 4.02. The van der Waals surface area contributed by atoms with Crippen LogP contribution in [0, 0.1) is 12.7 Å². The summed E-state index contributed by atoms with van der Waals surface area (Å²) in [4.78, 5) is 13.2. The molecule has 0 fully saturated rings. The van der Waals surface area contributed by atoms with Crippen LogP contribution >= 0.6 is 0 Å². The molecule has 0 aliphatic carbocycles. The van der Waals surface area contributed by atoms with Crippen LogP contribution in [0.25, 0.3) is 0 Å². The molecule has 0 aliphatic heterocycles. The summed E-state index contributed by atoms with van der Waals surface area (Å²) in [7, 11) is 0. The van der Waals surface area contributed by atoms with E-state index in [9.17, 15) is 9.18 Å². The summed E-state index contributed by atoms with van der Waals surface area (Å²) in [6, 6.07) is 4.60. The smallest absolute Gasteiger partial charge is 0.211 e. The van der Waals surface area contributed by atoms with Crippen molar-refractivity contribution in [1.29, 1.82) is 0 Å². The molecule has 0 heterocycles. The lowest BCUT2D eigenvalue weighted by atomic mass is 10.1. The zero-order valence-corrected chi connectivity index (χ0v) is 7.38. The molecule has 13 heavy (non-hydrogen) atoms. The topological polar surface area (TPSA) is 29.4 Å². The van der Waals surface area contributed by atoms with Crippen molar-refractivity contribution in [2.24, 2.45) is 4.99 Å². The van der Waals surface area contributed by atoms with Gasteiger partial charge in [0.1, 0.15) is 5.82 Å². The Morgan fingerprint density at radius 3 is 2.92 bits per heavy atom. The summed E-state index contributed by atoms with van der Waals surface area (Å²) in [5.74, 6) is -0.236. The van der Waals surface area contributed by atoms with Crippen molar-refractivity contribution >= 4 is 6.08 Å². The van der Waals surface area contributed by atoms with Gasteiger partial charge in [0.2, 0.25) is 6.08 Å². The van der Waals surface area contributed by atoms with Crippen LogP contribution in [0.3, 0.4) is 0 Å². The van der Waals surface area contributed by atoms with Crippen LogP contribution in [0.15, 0.2) is 23.2 Å². The quantitative estimate of drug-likeness (QED) is 0.515. The van der Waals surface area contributed by atoms with Gasteiger partial charge < -0.3 is 0 Å². The van der Waals surface area contributed by atoms with Crippen LogP contribution in [-0.2, 0) is 11.2 Å². The normalized spacial score (nSPS) is 9.38. The molecule has 1 aromatic rings. The van der Waals surface area contributed by atoms with Gasteiger partial charge in [-0.25, -0.2) is 14.2 Å². The van der Waals surface area contributed by atoms with Crippen molar-refractivity contribution in [3.05, 3.63) is 35.1 Å². The van der Waals surface area contributed by atoms with E-state index >= 15 is 0 Å². The summed E-state index contributed by atoms with van der Waals surface area (Å²) in [6.07, 6.45) is 2.12. The number of rotatable bonds is 3. The van der Waals surface area contributed by atoms with E-state index in [2.05, 4.69) is 4.99 Å². The molecule has 0 amide bonds. The number of halogens is 1. The molecule has 0 atom stereocenters. The molecule has 0 unspecified atom stereocenters. The lowest BCUT2D eigenvalue weighted by Crippen LogP contribution is -1.93. The van der Waals surface area contributed by atoms with E-state index < -0.39 is 0 Å². The largest absolute Gasteiger partial charge is 0.234 e. The van der Waals surface area contributed by atoms with E-state index in [0.29, 0.717) is 13.0 Å². The molecular weight excluding hydrogens is 169 g/mol. The minimum atomic E-state index is -0.236. The Bertz CT molecular complexity index is 343. The lowest BCUT2D eigenvalue weighted by molar-refractivity contribution is 0.563. The minimum Gasteiger partial charge on any atom is -0.211 e. The molecule has 0 N–H and O–H groups in total. The Balaban J connectivity index is 2.71. The maximum absolute atomic E-state index is 12.7. The SMILES string of the molecule is Cc1cc(F)ccc1CCN=C=O. The highest BCUT2D eigenvalue weighted by Crippen LogP contribution is 2.10. The summed E-state index contributed by atoms with van der Waals surface area (Å²) in [5.41, 5.74) is 1.90. The van der Waals surface area contributed by atoms with Crippen LogP contribution in [0.5, 0.6) is 0 Å². The van der Waals surface area contributed by atoms with Crippen molar-refractivity contribution in [2.75, 3.05) is 6.54 Å². The van der Waals surface area contributed by atoms with Crippen molar-refractivity contribution < 1.29 is 9.18 Å². The molecule has 0 bridgehead atoms.